The van der Waals surface area contributed by atoms with Gasteiger partial charge in [0.25, 0.3) is 5.72 Å². The van der Waals surface area contributed by atoms with Crippen LogP contribution in [-0.2, 0) is 0 Å². The van der Waals surface area contributed by atoms with E-state index in [4.69, 9.17) is 0 Å². The monoisotopic (exact) mass is 396 g/mol. The van der Waals surface area contributed by atoms with Crippen LogP contribution in [0.3, 0.4) is 0 Å². The second-order valence-electron chi connectivity index (χ2n) is 5.91. The number of urea groups is 1. The summed E-state index contributed by atoms with van der Waals surface area (Å²) < 4.78 is 40.2. The summed E-state index contributed by atoms with van der Waals surface area (Å²) in [6.45, 7) is 1.90. The molecule has 1 aromatic carbocycles. The molecule has 1 aromatic heterocycles. The first-order valence-electron chi connectivity index (χ1n) is 7.81. The number of rotatable bonds is 3. The third-order valence-corrected chi connectivity index (χ3v) is 4.81. The van der Waals surface area contributed by atoms with Gasteiger partial charge in [-0.1, -0.05) is 35.9 Å². The Morgan fingerprint density at radius 3 is 2.67 bits per heavy atom. The average molecular weight is 396 g/mol. The first-order chi connectivity index (χ1) is 12.7. The van der Waals surface area contributed by atoms with Crippen LogP contribution in [0.5, 0.6) is 0 Å². The van der Waals surface area contributed by atoms with Crippen LogP contribution in [0, 0.1) is 6.92 Å². The number of amides is 2. The molecule has 0 radical (unpaired) electrons. The Hall–Kier alpha value is -2.72. The number of carbonyl (C=O) groups is 1. The van der Waals surface area contributed by atoms with Gasteiger partial charge in [-0.25, -0.2) is 10.2 Å². The van der Waals surface area contributed by atoms with E-state index in [1.165, 1.54) is 6.21 Å². The molecule has 1 aliphatic rings. The minimum atomic E-state index is -5.09. The molecule has 1 unspecified atom stereocenters. The normalized spacial score (nSPS) is 20.2. The summed E-state index contributed by atoms with van der Waals surface area (Å²) >= 11 is 1.16. The fourth-order valence-corrected chi connectivity index (χ4v) is 3.13. The zero-order chi connectivity index (χ0) is 19.7. The fraction of sp³-hybridized carbons (Fsp3) is 0.235. The number of thiophene rings is 1. The average Bonchev–Trinajstić information content (AvgIpc) is 3.24. The van der Waals surface area contributed by atoms with Crippen LogP contribution in [-0.4, -0.2) is 40.0 Å². The maximum atomic E-state index is 13.4. The summed E-state index contributed by atoms with van der Waals surface area (Å²) in [7, 11) is 0. The lowest BCUT2D eigenvalue weighted by Gasteiger charge is -2.31. The van der Waals surface area contributed by atoms with Gasteiger partial charge >= 0.3 is 12.2 Å². The number of halogens is 3. The first kappa shape index (κ1) is 19.1. The van der Waals surface area contributed by atoms with Crippen molar-refractivity contribution < 1.29 is 23.1 Å². The van der Waals surface area contributed by atoms with E-state index in [0.717, 1.165) is 16.9 Å². The fourth-order valence-electron chi connectivity index (χ4n) is 2.42. The van der Waals surface area contributed by atoms with Crippen LogP contribution in [0.4, 0.5) is 18.0 Å². The van der Waals surface area contributed by atoms with E-state index >= 15 is 0 Å². The number of benzene rings is 1. The zero-order valence-electron chi connectivity index (χ0n) is 14.1. The molecule has 27 heavy (non-hydrogen) atoms. The van der Waals surface area contributed by atoms with E-state index in [9.17, 15) is 23.1 Å². The SMILES string of the molecule is Cc1ccc(/C=N/NC(=O)N2N=C(c3cccs3)CC2(O)C(F)(F)F)cc1. The van der Waals surface area contributed by atoms with Gasteiger partial charge in [0.15, 0.2) is 0 Å². The lowest BCUT2D eigenvalue weighted by atomic mass is 10.1. The van der Waals surface area contributed by atoms with E-state index in [1.54, 1.807) is 29.6 Å². The minimum absolute atomic E-state index is 0.00542. The molecule has 6 nitrogen and oxygen atoms in total. The standard InChI is InChI=1S/C17H15F3N4O2S/c1-11-4-6-12(7-5-11)10-21-22-15(25)24-16(26,17(18,19)20)9-13(23-24)14-3-2-8-27-14/h2-8,10,26H,9H2,1H3,(H,22,25)/b21-10+. The van der Waals surface area contributed by atoms with Gasteiger partial charge in [0, 0.05) is 0 Å². The van der Waals surface area contributed by atoms with E-state index in [0.29, 0.717) is 10.4 Å². The third kappa shape index (κ3) is 3.86. The molecule has 2 N–H and O–H groups in total. The second-order valence-corrected chi connectivity index (χ2v) is 6.86. The molecular formula is C17H15F3N4O2S. The quantitative estimate of drug-likeness (QED) is 0.616. The molecule has 2 amide bonds. The van der Waals surface area contributed by atoms with E-state index in [2.05, 4.69) is 10.2 Å². The van der Waals surface area contributed by atoms with Gasteiger partial charge in [-0.15, -0.1) is 11.3 Å². The van der Waals surface area contributed by atoms with E-state index < -0.39 is 24.4 Å². The lowest BCUT2D eigenvalue weighted by molar-refractivity contribution is -0.297. The molecule has 0 fully saturated rings. The third-order valence-electron chi connectivity index (χ3n) is 3.89. The Balaban J connectivity index is 1.80. The van der Waals surface area contributed by atoms with Gasteiger partial charge in [0.2, 0.25) is 0 Å². The number of nitrogens with zero attached hydrogens (tertiary/aromatic N) is 3. The summed E-state index contributed by atoms with van der Waals surface area (Å²) in [6, 6.07) is 9.04. The summed E-state index contributed by atoms with van der Waals surface area (Å²) in [6.07, 6.45) is -4.66. The van der Waals surface area contributed by atoms with Crippen molar-refractivity contribution in [3.63, 3.8) is 0 Å². The molecule has 0 spiro atoms. The number of alkyl halides is 3. The summed E-state index contributed by atoms with van der Waals surface area (Å²) in [5.41, 5.74) is 0.189. The van der Waals surface area contributed by atoms with Crippen molar-refractivity contribution in [2.45, 2.75) is 25.2 Å². The van der Waals surface area contributed by atoms with Gasteiger partial charge in [-0.3, -0.25) is 0 Å². The molecule has 10 heteroatoms. The lowest BCUT2D eigenvalue weighted by Crippen LogP contribution is -2.58. The number of hydrogen-bond acceptors (Lipinski definition) is 5. The molecule has 142 valence electrons. The number of aryl methyl sites for hydroxylation is 1. The van der Waals surface area contributed by atoms with E-state index in [1.807, 2.05) is 24.5 Å². The van der Waals surface area contributed by atoms with Crippen molar-refractivity contribution in [3.05, 3.63) is 57.8 Å². The Morgan fingerprint density at radius 1 is 1.37 bits per heavy atom. The smallest absolute Gasteiger partial charge is 0.362 e. The Kier molecular flexibility index (Phi) is 5.03. The minimum Gasteiger partial charge on any atom is -0.362 e. The Morgan fingerprint density at radius 2 is 2.07 bits per heavy atom. The van der Waals surface area contributed by atoms with E-state index in [-0.39, 0.29) is 10.7 Å². The van der Waals surface area contributed by atoms with Crippen molar-refractivity contribution in [3.8, 4) is 0 Å². The molecule has 0 aliphatic carbocycles. The molecule has 2 aromatic rings. The Labute approximate surface area is 156 Å². The molecular weight excluding hydrogens is 381 g/mol. The Bertz CT molecular complexity index is 879. The summed E-state index contributed by atoms with van der Waals surface area (Å²) in [5.74, 6) is 0. The predicted octanol–water partition coefficient (Wildman–Crippen LogP) is 3.46. The zero-order valence-corrected chi connectivity index (χ0v) is 14.9. The van der Waals surface area contributed by atoms with Crippen molar-refractivity contribution in [1.82, 2.24) is 10.4 Å². The highest BCUT2D eigenvalue weighted by Crippen LogP contribution is 2.41. The van der Waals surface area contributed by atoms with Crippen molar-refractivity contribution in [2.75, 3.05) is 0 Å². The van der Waals surface area contributed by atoms with Gasteiger partial charge in [-0.05, 0) is 23.9 Å². The van der Waals surface area contributed by atoms with Gasteiger partial charge in [0.05, 0.1) is 23.2 Å². The highest BCUT2D eigenvalue weighted by Gasteiger charge is 2.63. The van der Waals surface area contributed by atoms with Crippen LogP contribution in [0.25, 0.3) is 0 Å². The van der Waals surface area contributed by atoms with Gasteiger partial charge < -0.3 is 5.11 Å². The van der Waals surface area contributed by atoms with Crippen molar-refractivity contribution in [2.24, 2.45) is 10.2 Å². The highest BCUT2D eigenvalue weighted by atomic mass is 32.1. The molecule has 2 heterocycles. The van der Waals surface area contributed by atoms with Gasteiger partial charge in [0.1, 0.15) is 0 Å². The number of hydrazone groups is 2. The maximum Gasteiger partial charge on any atom is 0.438 e. The van der Waals surface area contributed by atoms with Crippen LogP contribution < -0.4 is 5.43 Å². The van der Waals surface area contributed by atoms with Crippen LogP contribution in [0.2, 0.25) is 0 Å². The topological polar surface area (TPSA) is 77.3 Å². The van der Waals surface area contributed by atoms with Crippen LogP contribution >= 0.6 is 11.3 Å². The van der Waals surface area contributed by atoms with Gasteiger partial charge in [-0.2, -0.15) is 28.4 Å². The molecule has 3 rings (SSSR count). The van der Waals surface area contributed by atoms with Crippen LogP contribution in [0.15, 0.2) is 52.0 Å². The number of nitrogens with one attached hydrogen (secondary N) is 1. The molecule has 0 bridgehead atoms. The molecule has 1 atom stereocenters. The summed E-state index contributed by atoms with van der Waals surface area (Å²) in [5, 5.41) is 19.1. The van der Waals surface area contributed by atoms with Crippen molar-refractivity contribution in [1.29, 1.82) is 0 Å². The second kappa shape index (κ2) is 7.12. The predicted molar refractivity (Wildman–Crippen MR) is 95.6 cm³/mol. The van der Waals surface area contributed by atoms with Crippen molar-refractivity contribution >= 4 is 29.3 Å². The first-order valence-corrected chi connectivity index (χ1v) is 8.69. The maximum absolute atomic E-state index is 13.4. The number of carbonyl (C=O) groups excluding carboxylic acids is 1. The number of hydrogen-bond donors (Lipinski definition) is 2. The largest absolute Gasteiger partial charge is 0.438 e. The molecule has 0 saturated heterocycles. The van der Waals surface area contributed by atoms with Crippen LogP contribution in [0.1, 0.15) is 22.4 Å². The summed E-state index contributed by atoms with van der Waals surface area (Å²) in [4.78, 5) is 12.6. The number of aliphatic hydroxyl groups is 1. The molecule has 0 saturated carbocycles. The molecule has 1 aliphatic heterocycles. The highest BCUT2D eigenvalue weighted by molar-refractivity contribution is 7.12.